The first-order valence-electron chi connectivity index (χ1n) is 7.49. The van der Waals surface area contributed by atoms with Crippen molar-refractivity contribution >= 4 is 33.2 Å². The van der Waals surface area contributed by atoms with E-state index in [2.05, 4.69) is 10.2 Å². The Bertz CT molecular complexity index is 696. The molecule has 2 saturated heterocycles. The maximum absolute atomic E-state index is 13.8. The summed E-state index contributed by atoms with van der Waals surface area (Å²) < 4.78 is 40.7. The zero-order valence-electron chi connectivity index (χ0n) is 12.4. The normalized spacial score (nSPS) is 24.2. The summed E-state index contributed by atoms with van der Waals surface area (Å²) in [7, 11) is -3.82. The summed E-state index contributed by atoms with van der Waals surface area (Å²) in [6.45, 7) is 4.47. The van der Waals surface area contributed by atoms with Gasteiger partial charge in [0.2, 0.25) is 10.0 Å². The second-order valence-corrected chi connectivity index (χ2v) is 8.46. The molecule has 0 amide bonds. The summed E-state index contributed by atoms with van der Waals surface area (Å²) >= 11 is 11.5. The predicted octanol–water partition coefficient (Wildman–Crippen LogP) is 1.80. The minimum Gasteiger partial charge on any atom is -0.314 e. The molecule has 1 aromatic carbocycles. The van der Waals surface area contributed by atoms with Gasteiger partial charge in [-0.2, -0.15) is 4.31 Å². The Morgan fingerprint density at radius 2 is 1.87 bits per heavy atom. The third kappa shape index (κ3) is 3.36. The molecule has 2 heterocycles. The van der Waals surface area contributed by atoms with E-state index in [1.807, 2.05) is 0 Å². The lowest BCUT2D eigenvalue weighted by atomic mass is 10.2. The number of nitrogens with zero attached hydrogens (tertiary/aromatic N) is 2. The number of benzene rings is 1. The number of nitrogens with one attached hydrogen (secondary N) is 1. The Hall–Kier alpha value is -0.440. The Morgan fingerprint density at radius 3 is 2.57 bits per heavy atom. The van der Waals surface area contributed by atoms with Crippen LogP contribution in [0.15, 0.2) is 17.0 Å². The molecule has 1 aromatic rings. The molecule has 9 heteroatoms. The van der Waals surface area contributed by atoms with Gasteiger partial charge in [0.25, 0.3) is 0 Å². The van der Waals surface area contributed by atoms with Gasteiger partial charge in [-0.1, -0.05) is 23.2 Å². The molecule has 2 aliphatic heterocycles. The van der Waals surface area contributed by atoms with Crippen molar-refractivity contribution in [3.05, 3.63) is 28.0 Å². The van der Waals surface area contributed by atoms with Gasteiger partial charge in [-0.3, -0.25) is 4.90 Å². The smallest absolute Gasteiger partial charge is 0.244 e. The van der Waals surface area contributed by atoms with E-state index >= 15 is 0 Å². The van der Waals surface area contributed by atoms with E-state index in [1.54, 1.807) is 0 Å². The number of rotatable bonds is 3. The Morgan fingerprint density at radius 1 is 1.17 bits per heavy atom. The van der Waals surface area contributed by atoms with Crippen LogP contribution in [-0.2, 0) is 10.0 Å². The molecule has 1 atom stereocenters. The highest BCUT2D eigenvalue weighted by molar-refractivity contribution is 7.89. The summed E-state index contributed by atoms with van der Waals surface area (Å²) in [5.41, 5.74) is 0. The van der Waals surface area contributed by atoms with Gasteiger partial charge in [0.1, 0.15) is 4.90 Å². The Labute approximate surface area is 145 Å². The molecule has 3 rings (SSSR count). The van der Waals surface area contributed by atoms with Gasteiger partial charge in [0.15, 0.2) is 5.82 Å². The summed E-state index contributed by atoms with van der Waals surface area (Å²) in [5.74, 6) is -0.896. The molecular weight excluding hydrogens is 364 g/mol. The van der Waals surface area contributed by atoms with Crippen molar-refractivity contribution in [2.45, 2.75) is 17.4 Å². The van der Waals surface area contributed by atoms with Gasteiger partial charge in [-0.25, -0.2) is 12.8 Å². The van der Waals surface area contributed by atoms with Crippen molar-refractivity contribution in [2.24, 2.45) is 0 Å². The summed E-state index contributed by atoms with van der Waals surface area (Å²) in [5, 5.41) is 2.65. The Balaban J connectivity index is 1.80. The summed E-state index contributed by atoms with van der Waals surface area (Å²) in [6, 6.07) is 2.68. The highest BCUT2D eigenvalue weighted by Gasteiger charge is 2.37. The van der Waals surface area contributed by atoms with Crippen LogP contribution in [0.4, 0.5) is 4.39 Å². The van der Waals surface area contributed by atoms with Crippen LogP contribution in [0, 0.1) is 5.82 Å². The third-order valence-electron chi connectivity index (χ3n) is 4.41. The van der Waals surface area contributed by atoms with Gasteiger partial charge in [-0.15, -0.1) is 0 Å². The average Bonchev–Trinajstić information content (AvgIpc) is 3.04. The minimum absolute atomic E-state index is 0.186. The van der Waals surface area contributed by atoms with E-state index in [4.69, 9.17) is 23.2 Å². The molecule has 1 unspecified atom stereocenters. The summed E-state index contributed by atoms with van der Waals surface area (Å²) in [6.07, 6.45) is 0.771. The molecule has 0 saturated carbocycles. The van der Waals surface area contributed by atoms with Crippen molar-refractivity contribution in [1.29, 1.82) is 0 Å². The van der Waals surface area contributed by atoms with Crippen LogP contribution >= 0.6 is 23.2 Å². The fourth-order valence-corrected chi connectivity index (χ4v) is 5.33. The predicted molar refractivity (Wildman–Crippen MR) is 88.0 cm³/mol. The van der Waals surface area contributed by atoms with Crippen LogP contribution in [-0.4, -0.2) is 62.9 Å². The first-order chi connectivity index (χ1) is 10.9. The number of sulfonamides is 1. The summed E-state index contributed by atoms with van der Waals surface area (Å²) in [4.78, 5) is 2.08. The second-order valence-electron chi connectivity index (χ2n) is 5.77. The van der Waals surface area contributed by atoms with Gasteiger partial charge >= 0.3 is 0 Å². The fourth-order valence-electron chi connectivity index (χ4n) is 3.12. The molecule has 0 aromatic heterocycles. The van der Waals surface area contributed by atoms with Crippen LogP contribution in [0.1, 0.15) is 6.42 Å². The van der Waals surface area contributed by atoms with Crippen molar-refractivity contribution in [3.8, 4) is 0 Å². The zero-order valence-corrected chi connectivity index (χ0v) is 14.8. The number of hydrogen-bond acceptors (Lipinski definition) is 4. The van der Waals surface area contributed by atoms with E-state index in [9.17, 15) is 12.8 Å². The maximum Gasteiger partial charge on any atom is 0.244 e. The maximum atomic E-state index is 13.8. The SMILES string of the molecule is O=S(=O)(c1ccc(Cl)c(F)c1Cl)N1CCC(N2CCNCC2)C1. The molecule has 0 aliphatic carbocycles. The van der Waals surface area contributed by atoms with E-state index in [-0.39, 0.29) is 16.0 Å². The van der Waals surface area contributed by atoms with E-state index in [1.165, 1.54) is 16.4 Å². The monoisotopic (exact) mass is 381 g/mol. The first kappa shape index (κ1) is 17.4. The van der Waals surface area contributed by atoms with Crippen LogP contribution in [0.5, 0.6) is 0 Å². The fraction of sp³-hybridized carbons (Fsp3) is 0.571. The Kier molecular flexibility index (Phi) is 5.15. The van der Waals surface area contributed by atoms with Crippen LogP contribution in [0.2, 0.25) is 10.0 Å². The van der Waals surface area contributed by atoms with Crippen LogP contribution in [0.3, 0.4) is 0 Å². The molecule has 1 N–H and O–H groups in total. The molecule has 0 bridgehead atoms. The number of hydrogen-bond donors (Lipinski definition) is 1. The van der Waals surface area contributed by atoms with Gasteiger partial charge in [0, 0.05) is 45.3 Å². The van der Waals surface area contributed by atoms with Gasteiger partial charge in [-0.05, 0) is 18.6 Å². The molecule has 128 valence electrons. The van der Waals surface area contributed by atoms with Gasteiger partial charge in [0.05, 0.1) is 10.0 Å². The molecule has 0 spiro atoms. The highest BCUT2D eigenvalue weighted by atomic mass is 35.5. The highest BCUT2D eigenvalue weighted by Crippen LogP contribution is 2.33. The molecule has 0 radical (unpaired) electrons. The largest absolute Gasteiger partial charge is 0.314 e. The lowest BCUT2D eigenvalue weighted by Gasteiger charge is -2.32. The van der Waals surface area contributed by atoms with Crippen molar-refractivity contribution in [3.63, 3.8) is 0 Å². The lowest BCUT2D eigenvalue weighted by molar-refractivity contribution is 0.179. The molecule has 23 heavy (non-hydrogen) atoms. The van der Waals surface area contributed by atoms with E-state index in [0.717, 1.165) is 32.6 Å². The van der Waals surface area contributed by atoms with Crippen molar-refractivity contribution in [1.82, 2.24) is 14.5 Å². The van der Waals surface area contributed by atoms with Gasteiger partial charge < -0.3 is 5.32 Å². The van der Waals surface area contributed by atoms with Crippen LogP contribution < -0.4 is 5.32 Å². The number of halogens is 3. The van der Waals surface area contributed by atoms with Crippen molar-refractivity contribution < 1.29 is 12.8 Å². The number of piperazine rings is 1. The standard InChI is InChI=1S/C14H18Cl2FN3O2S/c15-11-1-2-12(13(16)14(11)17)23(21,22)20-6-3-10(9-20)19-7-4-18-5-8-19/h1-2,10,18H,3-9H2. The van der Waals surface area contributed by atoms with Crippen molar-refractivity contribution in [2.75, 3.05) is 39.3 Å². The molecule has 2 aliphatic rings. The minimum atomic E-state index is -3.82. The van der Waals surface area contributed by atoms with E-state index in [0.29, 0.717) is 13.1 Å². The first-order valence-corrected chi connectivity index (χ1v) is 9.69. The molecule has 5 nitrogen and oxygen atoms in total. The molecule has 2 fully saturated rings. The zero-order chi connectivity index (χ0) is 16.6. The molecular formula is C14H18Cl2FN3O2S. The average molecular weight is 382 g/mol. The quantitative estimate of drug-likeness (QED) is 0.811. The third-order valence-corrected chi connectivity index (χ3v) is 7.09. The topological polar surface area (TPSA) is 52.7 Å². The van der Waals surface area contributed by atoms with Crippen LogP contribution in [0.25, 0.3) is 0 Å². The second kappa shape index (κ2) is 6.82. The lowest BCUT2D eigenvalue weighted by Crippen LogP contribution is -2.49. The van der Waals surface area contributed by atoms with E-state index < -0.39 is 20.9 Å².